The Kier molecular flexibility index (Phi) is 9.52. The van der Waals surface area contributed by atoms with Crippen LogP contribution in [0.25, 0.3) is 0 Å². The monoisotopic (exact) mass is 299 g/mol. The zero-order valence-corrected chi connectivity index (χ0v) is 12.6. The second-order valence-electron chi connectivity index (χ2n) is 4.63. The van der Waals surface area contributed by atoms with Gasteiger partial charge in [0, 0.05) is 25.5 Å². The van der Waals surface area contributed by atoms with Crippen molar-refractivity contribution in [3.05, 3.63) is 24.0 Å². The highest BCUT2D eigenvalue weighted by Gasteiger charge is 2.03. The van der Waals surface area contributed by atoms with Gasteiger partial charge < -0.3 is 23.9 Å². The van der Waals surface area contributed by atoms with Crippen LogP contribution in [0.5, 0.6) is 0 Å². The van der Waals surface area contributed by atoms with Crippen LogP contribution >= 0.6 is 0 Å². The highest BCUT2D eigenvalue weighted by atomic mass is 16.5. The molecule has 1 heterocycles. The molecule has 0 fully saturated rings. The van der Waals surface area contributed by atoms with Crippen LogP contribution in [0.3, 0.4) is 0 Å². The average molecular weight is 299 g/mol. The molecule has 1 aromatic heterocycles. The minimum absolute atomic E-state index is 0.293. The maximum Gasteiger partial charge on any atom is 0.337 e. The number of nitrogens with zero attached hydrogens (tertiary/aromatic N) is 1. The Bertz CT molecular complexity index is 391. The molecule has 0 amide bonds. The van der Waals surface area contributed by atoms with Crippen LogP contribution in [0.1, 0.15) is 30.1 Å². The minimum atomic E-state index is -0.913. The number of unbranched alkanes of at least 4 members (excludes halogenated alkanes) is 1. The summed E-state index contributed by atoms with van der Waals surface area (Å²) in [6, 6.07) is 1.57. The standard InChI is InChI=1S/C15H25NO5/c1-2-3-7-19-9-11-21-12-10-20-8-6-16-5-4-14(13-16)15(17)18/h4-5,13H,2-3,6-12H2,1H3,(H,17,18). The van der Waals surface area contributed by atoms with Crippen molar-refractivity contribution >= 4 is 5.97 Å². The summed E-state index contributed by atoms with van der Waals surface area (Å²) in [5.41, 5.74) is 0.293. The molecule has 0 saturated heterocycles. The molecule has 21 heavy (non-hydrogen) atoms. The van der Waals surface area contributed by atoms with Gasteiger partial charge in [-0.1, -0.05) is 13.3 Å². The molecule has 0 radical (unpaired) electrons. The SMILES string of the molecule is CCCCOCCOCCOCCn1ccc(C(=O)O)c1. The molecule has 0 saturated carbocycles. The van der Waals surface area contributed by atoms with Crippen molar-refractivity contribution in [1.29, 1.82) is 0 Å². The second kappa shape index (κ2) is 11.3. The molecule has 1 N–H and O–H groups in total. The van der Waals surface area contributed by atoms with Crippen LogP contribution < -0.4 is 0 Å². The predicted molar refractivity (Wildman–Crippen MR) is 78.8 cm³/mol. The van der Waals surface area contributed by atoms with Gasteiger partial charge in [-0.2, -0.15) is 0 Å². The second-order valence-corrected chi connectivity index (χ2v) is 4.63. The van der Waals surface area contributed by atoms with Gasteiger partial charge in [0.2, 0.25) is 0 Å². The van der Waals surface area contributed by atoms with Gasteiger partial charge in [-0.15, -0.1) is 0 Å². The van der Waals surface area contributed by atoms with E-state index in [4.69, 9.17) is 19.3 Å². The van der Waals surface area contributed by atoms with Crippen molar-refractivity contribution in [2.24, 2.45) is 0 Å². The van der Waals surface area contributed by atoms with E-state index in [0.29, 0.717) is 45.1 Å². The van der Waals surface area contributed by atoms with E-state index in [1.807, 2.05) is 0 Å². The Morgan fingerprint density at radius 2 is 1.71 bits per heavy atom. The van der Waals surface area contributed by atoms with Crippen LogP contribution in [0.4, 0.5) is 0 Å². The number of hydrogen-bond donors (Lipinski definition) is 1. The lowest BCUT2D eigenvalue weighted by Crippen LogP contribution is -2.12. The number of carbonyl (C=O) groups is 1. The largest absolute Gasteiger partial charge is 0.478 e. The van der Waals surface area contributed by atoms with Crippen molar-refractivity contribution in [2.45, 2.75) is 26.3 Å². The quantitative estimate of drug-likeness (QED) is 0.564. The molecule has 0 atom stereocenters. The summed E-state index contributed by atoms with van der Waals surface area (Å²) in [7, 11) is 0. The maximum absolute atomic E-state index is 10.7. The Morgan fingerprint density at radius 1 is 1.10 bits per heavy atom. The van der Waals surface area contributed by atoms with E-state index < -0.39 is 5.97 Å². The van der Waals surface area contributed by atoms with Crippen LogP contribution in [0, 0.1) is 0 Å². The molecule has 6 nitrogen and oxygen atoms in total. The van der Waals surface area contributed by atoms with Gasteiger partial charge in [-0.3, -0.25) is 0 Å². The molecule has 0 aliphatic heterocycles. The predicted octanol–water partition coefficient (Wildman–Crippen LogP) is 2.04. The topological polar surface area (TPSA) is 69.9 Å². The van der Waals surface area contributed by atoms with Crippen LogP contribution in [0.2, 0.25) is 0 Å². The van der Waals surface area contributed by atoms with Gasteiger partial charge in [0.25, 0.3) is 0 Å². The fourth-order valence-electron chi connectivity index (χ4n) is 1.66. The normalized spacial score (nSPS) is 10.9. The molecule has 1 rings (SSSR count). The third-order valence-electron chi connectivity index (χ3n) is 2.88. The van der Waals surface area contributed by atoms with Gasteiger partial charge in [0.1, 0.15) is 0 Å². The van der Waals surface area contributed by atoms with E-state index in [1.165, 1.54) is 0 Å². The minimum Gasteiger partial charge on any atom is -0.478 e. The smallest absolute Gasteiger partial charge is 0.337 e. The van der Waals surface area contributed by atoms with Crippen molar-refractivity contribution in [1.82, 2.24) is 4.57 Å². The first-order chi connectivity index (χ1) is 10.2. The van der Waals surface area contributed by atoms with E-state index in [-0.39, 0.29) is 0 Å². The lowest BCUT2D eigenvalue weighted by atomic mass is 10.4. The summed E-state index contributed by atoms with van der Waals surface area (Å²) in [6.45, 7) is 6.38. The average Bonchev–Trinajstić information content (AvgIpc) is 2.94. The molecule has 0 bridgehead atoms. The van der Waals surface area contributed by atoms with Crippen molar-refractivity contribution < 1.29 is 24.1 Å². The Morgan fingerprint density at radius 3 is 2.29 bits per heavy atom. The molecule has 1 aromatic rings. The molecule has 0 spiro atoms. The zero-order valence-electron chi connectivity index (χ0n) is 12.6. The third kappa shape index (κ3) is 8.49. The van der Waals surface area contributed by atoms with Crippen molar-refractivity contribution in [3.63, 3.8) is 0 Å². The van der Waals surface area contributed by atoms with Gasteiger partial charge in [-0.25, -0.2) is 4.79 Å². The number of carboxylic acids is 1. The summed E-state index contributed by atoms with van der Waals surface area (Å²) in [6.07, 6.45) is 5.56. The molecule has 0 aliphatic carbocycles. The van der Waals surface area contributed by atoms with Crippen LogP contribution in [-0.4, -0.2) is 55.3 Å². The van der Waals surface area contributed by atoms with E-state index in [1.54, 1.807) is 23.0 Å². The number of rotatable bonds is 13. The molecule has 0 unspecified atom stereocenters. The van der Waals surface area contributed by atoms with Crippen LogP contribution in [-0.2, 0) is 20.8 Å². The van der Waals surface area contributed by atoms with Crippen molar-refractivity contribution in [2.75, 3.05) is 39.6 Å². The fraction of sp³-hybridized carbons (Fsp3) is 0.667. The first-order valence-electron chi connectivity index (χ1n) is 7.36. The highest BCUT2D eigenvalue weighted by molar-refractivity contribution is 5.87. The van der Waals surface area contributed by atoms with E-state index in [2.05, 4.69) is 6.92 Å². The van der Waals surface area contributed by atoms with E-state index in [9.17, 15) is 4.79 Å². The number of aromatic nitrogens is 1. The van der Waals surface area contributed by atoms with Gasteiger partial charge in [0.15, 0.2) is 0 Å². The lowest BCUT2D eigenvalue weighted by Gasteiger charge is -2.07. The summed E-state index contributed by atoms with van der Waals surface area (Å²) >= 11 is 0. The molecular formula is C15H25NO5. The molecule has 6 heteroatoms. The van der Waals surface area contributed by atoms with E-state index >= 15 is 0 Å². The van der Waals surface area contributed by atoms with Gasteiger partial charge in [-0.05, 0) is 12.5 Å². The molecule has 0 aliphatic rings. The molecule has 120 valence electrons. The van der Waals surface area contributed by atoms with Gasteiger partial charge in [0.05, 0.1) is 38.6 Å². The molecule has 0 aromatic carbocycles. The Hall–Kier alpha value is -1.37. The molecular weight excluding hydrogens is 274 g/mol. The Balaban J connectivity index is 1.89. The summed E-state index contributed by atoms with van der Waals surface area (Å²) in [4.78, 5) is 10.7. The third-order valence-corrected chi connectivity index (χ3v) is 2.88. The summed E-state index contributed by atoms with van der Waals surface area (Å²) in [5, 5.41) is 8.79. The number of hydrogen-bond acceptors (Lipinski definition) is 4. The summed E-state index contributed by atoms with van der Waals surface area (Å²) < 4.78 is 17.9. The number of aromatic carboxylic acids is 1. The van der Waals surface area contributed by atoms with E-state index in [0.717, 1.165) is 19.4 Å². The number of ether oxygens (including phenoxy) is 3. The summed E-state index contributed by atoms with van der Waals surface area (Å²) in [5.74, 6) is -0.913. The fourth-order valence-corrected chi connectivity index (χ4v) is 1.66. The van der Waals surface area contributed by atoms with Crippen LogP contribution in [0.15, 0.2) is 18.5 Å². The van der Waals surface area contributed by atoms with Gasteiger partial charge >= 0.3 is 5.97 Å². The first-order valence-corrected chi connectivity index (χ1v) is 7.36. The van der Waals surface area contributed by atoms with Crippen molar-refractivity contribution in [3.8, 4) is 0 Å². The zero-order chi connectivity index (χ0) is 15.3. The maximum atomic E-state index is 10.7. The first kappa shape index (κ1) is 17.7. The number of carboxylic acid groups (broad SMARTS) is 1. The Labute approximate surface area is 125 Å². The highest BCUT2D eigenvalue weighted by Crippen LogP contribution is 2.00. The lowest BCUT2D eigenvalue weighted by molar-refractivity contribution is 0.0127.